The van der Waals surface area contributed by atoms with Gasteiger partial charge in [0.1, 0.15) is 20.2 Å². The van der Waals surface area contributed by atoms with Gasteiger partial charge in [0.05, 0.1) is 14.4 Å². The van der Waals surface area contributed by atoms with Crippen molar-refractivity contribution < 1.29 is 52.1 Å². The third-order valence-electron chi connectivity index (χ3n) is 4.43. The smallest absolute Gasteiger partial charge is 0.871 e. The summed E-state index contributed by atoms with van der Waals surface area (Å²) in [4.78, 5) is 11.8. The first-order chi connectivity index (χ1) is 14.0. The van der Waals surface area contributed by atoms with Gasteiger partial charge >= 0.3 is 29.6 Å². The summed E-state index contributed by atoms with van der Waals surface area (Å²) in [7, 11) is -4.87. The SMILES string of the molecule is O=c1c(Cl)cc2c(-c3ccccc3S(=O)(=O)[O-])c3cc(Cl)c([O-])c(Br)c3oc-2c1Br.[Na+]. The quantitative estimate of drug-likeness (QED) is 0.195. The van der Waals surface area contributed by atoms with E-state index in [1.54, 1.807) is 6.07 Å². The fourth-order valence-electron chi connectivity index (χ4n) is 3.17. The molecule has 0 N–H and O–H groups in total. The molecule has 0 atom stereocenters. The van der Waals surface area contributed by atoms with Gasteiger partial charge in [-0.1, -0.05) is 47.2 Å². The largest absolute Gasteiger partial charge is 1.00 e. The third-order valence-corrected chi connectivity index (χ3v) is 7.33. The van der Waals surface area contributed by atoms with Crippen molar-refractivity contribution in [2.24, 2.45) is 0 Å². The standard InChI is InChI=1S/C19H8Br2Cl2O6S.Na/c20-14-16(24)10(22)5-8-13(7-3-1-2-4-12(7)30(26,27)28)9-6-11(23)17(25)15(21)19(9)29-18(8)14;/h1-6,24H,(H,26,27,28);/q;+1/p-2. The molecule has 0 bridgehead atoms. The zero-order valence-corrected chi connectivity index (χ0v) is 22.8. The number of hydrogen-bond acceptors (Lipinski definition) is 6. The van der Waals surface area contributed by atoms with Gasteiger partial charge in [-0.2, -0.15) is 0 Å². The molecule has 154 valence electrons. The van der Waals surface area contributed by atoms with Crippen molar-refractivity contribution in [3.63, 3.8) is 0 Å². The minimum atomic E-state index is -4.87. The second-order valence-corrected chi connectivity index (χ2v) is 9.93. The van der Waals surface area contributed by atoms with Gasteiger partial charge in [-0.3, -0.25) is 4.79 Å². The zero-order chi connectivity index (χ0) is 22.0. The fourth-order valence-corrected chi connectivity index (χ4v) is 5.50. The van der Waals surface area contributed by atoms with Gasteiger partial charge < -0.3 is 14.1 Å². The Morgan fingerprint density at radius 3 is 2.26 bits per heavy atom. The fraction of sp³-hybridized carbons (Fsp3) is 0. The summed E-state index contributed by atoms with van der Waals surface area (Å²) in [6.07, 6.45) is 0. The molecule has 0 radical (unpaired) electrons. The van der Waals surface area contributed by atoms with E-state index < -0.39 is 26.2 Å². The van der Waals surface area contributed by atoms with E-state index in [-0.39, 0.29) is 82.0 Å². The Hall–Kier alpha value is -0.620. The molecule has 1 aliphatic carbocycles. The van der Waals surface area contributed by atoms with E-state index in [9.17, 15) is 22.9 Å². The summed E-state index contributed by atoms with van der Waals surface area (Å²) in [5.41, 5.74) is -0.0347. The molecule has 4 rings (SSSR count). The van der Waals surface area contributed by atoms with Crippen molar-refractivity contribution >= 4 is 76.1 Å². The van der Waals surface area contributed by atoms with Crippen LogP contribution in [0.25, 0.3) is 33.4 Å². The van der Waals surface area contributed by atoms with Gasteiger partial charge in [-0.05, 0) is 50.1 Å². The van der Waals surface area contributed by atoms with E-state index in [0.717, 1.165) is 6.07 Å². The predicted molar refractivity (Wildman–Crippen MR) is 117 cm³/mol. The average molecular weight is 616 g/mol. The molecule has 0 unspecified atom stereocenters. The van der Waals surface area contributed by atoms with Crippen LogP contribution in [0.4, 0.5) is 0 Å². The second kappa shape index (κ2) is 8.96. The van der Waals surface area contributed by atoms with E-state index in [1.807, 2.05) is 0 Å². The van der Waals surface area contributed by atoms with Gasteiger partial charge in [0.15, 0.2) is 5.76 Å². The molecule has 0 saturated heterocycles. The summed E-state index contributed by atoms with van der Waals surface area (Å²) in [6, 6.07) is 8.16. The average Bonchev–Trinajstić information content (AvgIpc) is 2.69. The van der Waals surface area contributed by atoms with E-state index in [1.165, 1.54) is 24.3 Å². The van der Waals surface area contributed by atoms with Crippen molar-refractivity contribution in [1.29, 1.82) is 0 Å². The van der Waals surface area contributed by atoms with Crippen LogP contribution in [0.2, 0.25) is 10.0 Å². The Morgan fingerprint density at radius 1 is 0.968 bits per heavy atom. The first kappa shape index (κ1) is 25.0. The number of fused-ring (bicyclic) bond motifs is 2. The monoisotopic (exact) mass is 613 g/mol. The maximum Gasteiger partial charge on any atom is 1.00 e. The van der Waals surface area contributed by atoms with Crippen LogP contribution in [0, 0.1) is 0 Å². The van der Waals surface area contributed by atoms with Gasteiger partial charge in [-0.25, -0.2) is 8.42 Å². The molecule has 1 heterocycles. The van der Waals surface area contributed by atoms with Crippen LogP contribution >= 0.6 is 55.1 Å². The Balaban J connectivity index is 0.00000272. The topological polar surface area (TPSA) is 110 Å². The molecule has 0 saturated carbocycles. The molecular formula is C19H6Br2Cl2NaO6S-. The molecule has 6 nitrogen and oxygen atoms in total. The minimum Gasteiger partial charge on any atom is -0.871 e. The van der Waals surface area contributed by atoms with Crippen molar-refractivity contribution in [3.8, 4) is 28.2 Å². The molecule has 2 aliphatic rings. The minimum absolute atomic E-state index is 0. The maximum absolute atomic E-state index is 12.3. The zero-order valence-electron chi connectivity index (χ0n) is 15.3. The molecular weight excluding hydrogens is 610 g/mol. The Kier molecular flexibility index (Phi) is 7.23. The van der Waals surface area contributed by atoms with Crippen LogP contribution < -0.4 is 40.1 Å². The van der Waals surface area contributed by atoms with Gasteiger partial charge in [0.2, 0.25) is 5.43 Å². The number of rotatable bonds is 2. The molecule has 0 fully saturated rings. The summed E-state index contributed by atoms with van der Waals surface area (Å²) in [6.45, 7) is 0. The summed E-state index contributed by atoms with van der Waals surface area (Å²) < 4.78 is 41.6. The first-order valence-electron chi connectivity index (χ1n) is 8.01. The van der Waals surface area contributed by atoms with Gasteiger partial charge in [-0.15, -0.1) is 0 Å². The third kappa shape index (κ3) is 4.20. The van der Waals surface area contributed by atoms with Crippen LogP contribution in [-0.4, -0.2) is 13.0 Å². The molecule has 2 aromatic carbocycles. The normalized spacial score (nSPS) is 11.6. The van der Waals surface area contributed by atoms with Crippen LogP contribution in [0.15, 0.2) is 59.5 Å². The molecule has 2 aromatic rings. The van der Waals surface area contributed by atoms with Crippen LogP contribution in [0.5, 0.6) is 5.75 Å². The Labute approximate surface area is 224 Å². The first-order valence-corrected chi connectivity index (χ1v) is 11.8. The Morgan fingerprint density at radius 2 is 1.61 bits per heavy atom. The molecule has 12 heteroatoms. The van der Waals surface area contributed by atoms with Crippen molar-refractivity contribution in [1.82, 2.24) is 0 Å². The molecule has 0 amide bonds. The van der Waals surface area contributed by atoms with Crippen LogP contribution in [-0.2, 0) is 10.1 Å². The predicted octanol–water partition coefficient (Wildman–Crippen LogP) is 2.38. The maximum atomic E-state index is 12.3. The van der Waals surface area contributed by atoms with E-state index in [2.05, 4.69) is 31.9 Å². The molecule has 31 heavy (non-hydrogen) atoms. The number of hydrogen-bond donors (Lipinski definition) is 0. The molecule has 1 aliphatic heterocycles. The van der Waals surface area contributed by atoms with Crippen molar-refractivity contribution in [3.05, 3.63) is 65.6 Å². The van der Waals surface area contributed by atoms with Crippen LogP contribution in [0.1, 0.15) is 0 Å². The van der Waals surface area contributed by atoms with Crippen molar-refractivity contribution in [2.45, 2.75) is 4.90 Å². The number of halogens is 4. The van der Waals surface area contributed by atoms with E-state index in [0.29, 0.717) is 0 Å². The summed E-state index contributed by atoms with van der Waals surface area (Å²) in [5.74, 6) is -0.539. The van der Waals surface area contributed by atoms with E-state index >= 15 is 0 Å². The second-order valence-electron chi connectivity index (χ2n) is 6.18. The summed E-state index contributed by atoms with van der Waals surface area (Å²) in [5, 5.41) is 12.3. The van der Waals surface area contributed by atoms with E-state index in [4.69, 9.17) is 27.6 Å². The van der Waals surface area contributed by atoms with Gasteiger partial charge in [0, 0.05) is 27.1 Å². The van der Waals surface area contributed by atoms with Crippen molar-refractivity contribution in [2.75, 3.05) is 0 Å². The molecule has 0 spiro atoms. The Bertz CT molecular complexity index is 1500. The summed E-state index contributed by atoms with van der Waals surface area (Å²) >= 11 is 18.4. The molecule has 0 aromatic heterocycles. The number of benzene rings is 3. The van der Waals surface area contributed by atoms with Crippen LogP contribution in [0.3, 0.4) is 0 Å². The van der Waals surface area contributed by atoms with Gasteiger partial charge in [0.25, 0.3) is 0 Å².